The molecule has 0 spiro atoms. The molecule has 2 rings (SSSR count). The normalized spacial score (nSPS) is 12.0. The maximum Gasteiger partial charge on any atom is 0.258 e. The fourth-order valence-corrected chi connectivity index (χ4v) is 2.53. The third kappa shape index (κ3) is 3.29. The maximum absolute atomic E-state index is 13.9. The quantitative estimate of drug-likeness (QED) is 0.791. The molecular formula is C16H14BrF2NO. The van der Waals surface area contributed by atoms with E-state index < -0.39 is 11.7 Å². The largest absolute Gasteiger partial charge is 0.335 e. The van der Waals surface area contributed by atoms with Crippen LogP contribution in [-0.2, 0) is 0 Å². The van der Waals surface area contributed by atoms with Crippen LogP contribution in [0.15, 0.2) is 46.9 Å². The minimum Gasteiger partial charge on any atom is -0.335 e. The molecule has 0 saturated heterocycles. The van der Waals surface area contributed by atoms with E-state index in [2.05, 4.69) is 15.9 Å². The van der Waals surface area contributed by atoms with E-state index in [1.54, 1.807) is 32.2 Å². The lowest BCUT2D eigenvalue weighted by Gasteiger charge is -2.26. The van der Waals surface area contributed by atoms with Gasteiger partial charge in [-0.2, -0.15) is 0 Å². The molecule has 0 aliphatic carbocycles. The topological polar surface area (TPSA) is 20.3 Å². The lowest BCUT2D eigenvalue weighted by Crippen LogP contribution is -2.30. The minimum atomic E-state index is -0.576. The van der Waals surface area contributed by atoms with Crippen molar-refractivity contribution in [3.8, 4) is 0 Å². The van der Waals surface area contributed by atoms with Crippen molar-refractivity contribution in [2.45, 2.75) is 13.0 Å². The van der Waals surface area contributed by atoms with Gasteiger partial charge in [0.05, 0.1) is 11.6 Å². The number of hydrogen-bond donors (Lipinski definition) is 0. The van der Waals surface area contributed by atoms with Gasteiger partial charge in [-0.05, 0) is 52.7 Å². The highest BCUT2D eigenvalue weighted by Crippen LogP contribution is 2.25. The van der Waals surface area contributed by atoms with Crippen molar-refractivity contribution in [2.75, 3.05) is 7.05 Å². The van der Waals surface area contributed by atoms with Crippen LogP contribution in [0.25, 0.3) is 0 Å². The van der Waals surface area contributed by atoms with Crippen molar-refractivity contribution in [1.82, 2.24) is 4.90 Å². The van der Waals surface area contributed by atoms with Crippen molar-refractivity contribution in [3.05, 3.63) is 69.7 Å². The van der Waals surface area contributed by atoms with Gasteiger partial charge in [0, 0.05) is 11.5 Å². The molecular weight excluding hydrogens is 340 g/mol. The van der Waals surface area contributed by atoms with Gasteiger partial charge in [-0.25, -0.2) is 8.78 Å². The van der Waals surface area contributed by atoms with E-state index in [0.29, 0.717) is 4.47 Å². The van der Waals surface area contributed by atoms with Gasteiger partial charge in [0.2, 0.25) is 0 Å². The van der Waals surface area contributed by atoms with E-state index in [1.807, 2.05) is 0 Å². The van der Waals surface area contributed by atoms with Crippen molar-refractivity contribution in [1.29, 1.82) is 0 Å². The summed E-state index contributed by atoms with van der Waals surface area (Å²) in [6.45, 7) is 1.81. The van der Waals surface area contributed by atoms with E-state index in [9.17, 15) is 13.6 Å². The number of carbonyl (C=O) groups is 1. The van der Waals surface area contributed by atoms with Crippen LogP contribution in [0, 0.1) is 11.6 Å². The number of benzene rings is 2. The molecule has 0 fully saturated rings. The fraction of sp³-hybridized carbons (Fsp3) is 0.188. The van der Waals surface area contributed by atoms with Gasteiger partial charge >= 0.3 is 0 Å². The molecule has 0 heterocycles. The molecule has 2 aromatic rings. The van der Waals surface area contributed by atoms with Crippen LogP contribution >= 0.6 is 15.9 Å². The van der Waals surface area contributed by atoms with Gasteiger partial charge in [-0.15, -0.1) is 0 Å². The first-order chi connectivity index (χ1) is 9.91. The SMILES string of the molecule is CC(c1ccc(F)cc1)N(C)C(=O)c1c(F)cccc1Br. The Kier molecular flexibility index (Phi) is 4.73. The fourth-order valence-electron chi connectivity index (χ4n) is 2.02. The summed E-state index contributed by atoms with van der Waals surface area (Å²) in [4.78, 5) is 13.9. The monoisotopic (exact) mass is 353 g/mol. The molecule has 0 aliphatic heterocycles. The zero-order valence-corrected chi connectivity index (χ0v) is 13.2. The third-order valence-electron chi connectivity index (χ3n) is 3.43. The van der Waals surface area contributed by atoms with Crippen LogP contribution in [0.3, 0.4) is 0 Å². The summed E-state index contributed by atoms with van der Waals surface area (Å²) in [5, 5.41) is 0. The summed E-state index contributed by atoms with van der Waals surface area (Å²) >= 11 is 3.19. The van der Waals surface area contributed by atoms with Gasteiger partial charge in [-0.1, -0.05) is 18.2 Å². The average Bonchev–Trinajstić information content (AvgIpc) is 2.46. The predicted molar refractivity (Wildman–Crippen MR) is 81.0 cm³/mol. The summed E-state index contributed by atoms with van der Waals surface area (Å²) in [5.41, 5.74) is 0.772. The summed E-state index contributed by atoms with van der Waals surface area (Å²) in [5.74, 6) is -1.35. The predicted octanol–water partition coefficient (Wildman–Crippen LogP) is 4.56. The number of hydrogen-bond acceptors (Lipinski definition) is 1. The molecule has 2 aromatic carbocycles. The third-order valence-corrected chi connectivity index (χ3v) is 4.09. The highest BCUT2D eigenvalue weighted by atomic mass is 79.9. The molecule has 0 radical (unpaired) electrons. The smallest absolute Gasteiger partial charge is 0.258 e. The minimum absolute atomic E-state index is 0.00559. The van der Waals surface area contributed by atoms with Gasteiger partial charge < -0.3 is 4.90 Å². The molecule has 1 atom stereocenters. The summed E-state index contributed by atoms with van der Waals surface area (Å²) in [7, 11) is 1.59. The number of carbonyl (C=O) groups excluding carboxylic acids is 1. The van der Waals surface area contributed by atoms with Crippen molar-refractivity contribution in [3.63, 3.8) is 0 Å². The Labute approximate surface area is 130 Å². The Balaban J connectivity index is 2.28. The Morgan fingerprint density at radius 2 is 1.76 bits per heavy atom. The first-order valence-electron chi connectivity index (χ1n) is 6.38. The van der Waals surface area contributed by atoms with Crippen LogP contribution < -0.4 is 0 Å². The van der Waals surface area contributed by atoms with Crippen molar-refractivity contribution < 1.29 is 13.6 Å². The number of rotatable bonds is 3. The molecule has 0 bridgehead atoms. The second kappa shape index (κ2) is 6.35. The molecule has 0 saturated carbocycles. The second-order valence-electron chi connectivity index (χ2n) is 4.74. The van der Waals surface area contributed by atoms with Crippen LogP contribution in [0.1, 0.15) is 28.9 Å². The van der Waals surface area contributed by atoms with Crippen molar-refractivity contribution in [2.24, 2.45) is 0 Å². The molecule has 110 valence electrons. The Hall–Kier alpha value is -1.75. The number of nitrogens with zero attached hydrogens (tertiary/aromatic N) is 1. The van der Waals surface area contributed by atoms with Gasteiger partial charge in [-0.3, -0.25) is 4.79 Å². The van der Waals surface area contributed by atoms with E-state index in [4.69, 9.17) is 0 Å². The van der Waals surface area contributed by atoms with E-state index in [0.717, 1.165) is 5.56 Å². The maximum atomic E-state index is 13.9. The zero-order valence-electron chi connectivity index (χ0n) is 11.6. The highest BCUT2D eigenvalue weighted by Gasteiger charge is 2.23. The van der Waals surface area contributed by atoms with Crippen LogP contribution in [0.5, 0.6) is 0 Å². The number of halogens is 3. The highest BCUT2D eigenvalue weighted by molar-refractivity contribution is 9.10. The van der Waals surface area contributed by atoms with Gasteiger partial charge in [0.15, 0.2) is 0 Å². The average molecular weight is 354 g/mol. The van der Waals surface area contributed by atoms with E-state index in [1.165, 1.54) is 29.2 Å². The lowest BCUT2D eigenvalue weighted by molar-refractivity contribution is 0.0737. The first-order valence-corrected chi connectivity index (χ1v) is 7.17. The van der Waals surface area contributed by atoms with Crippen molar-refractivity contribution >= 4 is 21.8 Å². The molecule has 0 aromatic heterocycles. The number of amides is 1. The zero-order chi connectivity index (χ0) is 15.6. The standard InChI is InChI=1S/C16H14BrF2NO/c1-10(11-6-8-12(18)9-7-11)20(2)16(21)15-13(17)4-3-5-14(15)19/h3-10H,1-2H3. The Bertz CT molecular complexity index is 638. The molecule has 0 aliphatic rings. The lowest BCUT2D eigenvalue weighted by atomic mass is 10.1. The van der Waals surface area contributed by atoms with Crippen LogP contribution in [0.2, 0.25) is 0 Å². The van der Waals surface area contributed by atoms with E-state index in [-0.39, 0.29) is 17.4 Å². The first kappa shape index (κ1) is 15.6. The molecule has 5 heteroatoms. The Morgan fingerprint density at radius 1 is 1.14 bits per heavy atom. The van der Waals surface area contributed by atoms with Gasteiger partial charge in [0.25, 0.3) is 5.91 Å². The van der Waals surface area contributed by atoms with E-state index >= 15 is 0 Å². The summed E-state index contributed by atoms with van der Waals surface area (Å²) in [6.07, 6.45) is 0. The summed E-state index contributed by atoms with van der Waals surface area (Å²) < 4.78 is 27.2. The second-order valence-corrected chi connectivity index (χ2v) is 5.59. The molecule has 0 N–H and O–H groups in total. The molecule has 1 unspecified atom stereocenters. The summed E-state index contributed by atoms with van der Waals surface area (Å²) in [6, 6.07) is 9.98. The molecule has 21 heavy (non-hydrogen) atoms. The van der Waals surface area contributed by atoms with Gasteiger partial charge in [0.1, 0.15) is 11.6 Å². The molecule has 1 amide bonds. The van der Waals surface area contributed by atoms with Crippen LogP contribution in [-0.4, -0.2) is 17.9 Å². The molecule has 2 nitrogen and oxygen atoms in total. The van der Waals surface area contributed by atoms with Crippen LogP contribution in [0.4, 0.5) is 8.78 Å². The Morgan fingerprint density at radius 3 is 2.33 bits per heavy atom.